The number of hydrogen-bond acceptors (Lipinski definition) is 13. The maximum absolute atomic E-state index is 14.4. The lowest BCUT2D eigenvalue weighted by Gasteiger charge is -2.34. The number of nitrogens with one attached hydrogen (secondary N) is 9. The van der Waals surface area contributed by atoms with Crippen molar-refractivity contribution < 1.29 is 52.4 Å². The van der Waals surface area contributed by atoms with Gasteiger partial charge in [0.05, 0.1) is 0 Å². The first-order valence-electron chi connectivity index (χ1n) is 28.0. The van der Waals surface area contributed by atoms with Crippen LogP contribution in [0, 0.1) is 30.6 Å². The second-order valence-corrected chi connectivity index (χ2v) is 24.0. The molecule has 1 aliphatic heterocycles. The number of rotatable bonds is 30. The van der Waals surface area contributed by atoms with Crippen molar-refractivity contribution in [3.05, 3.63) is 17.8 Å². The van der Waals surface area contributed by atoms with E-state index in [9.17, 15) is 47.9 Å². The lowest BCUT2D eigenvalue weighted by molar-refractivity contribution is -0.139. The summed E-state index contributed by atoms with van der Waals surface area (Å²) in [6.45, 7) is 22.5. The van der Waals surface area contributed by atoms with Crippen LogP contribution in [0.25, 0.3) is 0 Å². The summed E-state index contributed by atoms with van der Waals surface area (Å²) in [7, 11) is 0. The van der Waals surface area contributed by atoms with Crippen molar-refractivity contribution in [2.75, 3.05) is 26.2 Å². The number of likely N-dealkylation sites (tertiary alicyclic amines) is 1. The normalized spacial score (nSPS) is 16.8. The van der Waals surface area contributed by atoms with Crippen LogP contribution in [-0.4, -0.2) is 142 Å². The first-order chi connectivity index (χ1) is 36.4. The molecule has 2 aliphatic rings. The van der Waals surface area contributed by atoms with Crippen LogP contribution in [0.1, 0.15) is 183 Å². The molecule has 0 aromatic carbocycles. The molecule has 3 rings (SSSR count). The summed E-state index contributed by atoms with van der Waals surface area (Å²) in [6.07, 6.45) is 9.01. The Hall–Kier alpha value is -6.13. The number of oxazole rings is 1. The molecule has 23 nitrogen and oxygen atoms in total. The summed E-state index contributed by atoms with van der Waals surface area (Å²) in [4.78, 5) is 143. The second kappa shape index (κ2) is 30.3. The molecule has 1 saturated carbocycles. The van der Waals surface area contributed by atoms with E-state index in [2.05, 4.69) is 52.8 Å². The Balaban J connectivity index is 1.75. The highest BCUT2D eigenvalue weighted by Crippen LogP contribution is 2.28. The quantitative estimate of drug-likeness (QED) is 0.0530. The first-order valence-corrected chi connectivity index (χ1v) is 28.0. The summed E-state index contributed by atoms with van der Waals surface area (Å²) < 4.78 is 5.25. The monoisotopic (exact) mass is 1100 g/mol. The minimum Gasteiger partial charge on any atom is -0.448 e. The van der Waals surface area contributed by atoms with Crippen molar-refractivity contribution in [3.8, 4) is 0 Å². The fourth-order valence-electron chi connectivity index (χ4n) is 9.51. The van der Waals surface area contributed by atoms with Crippen LogP contribution in [0.15, 0.2) is 10.7 Å². The van der Waals surface area contributed by atoms with Crippen LogP contribution < -0.4 is 53.6 Å². The SMILES string of the molecule is Cc1nc(C(=O)N2CCC[C@H]2C(=O)NC(CCC2CCCCC2)C(=O)NC(CC(C)C)C(=O)NC(C)(C)C(=O)NC(CC(C)C)C(=O)NC(CC(C)C)C(=O)NC(C)(C)C(=O)NC(C)(C)C(=O)NCCC(=O)NCCN)co1. The lowest BCUT2D eigenvalue weighted by Crippen LogP contribution is -2.65. The zero-order valence-corrected chi connectivity index (χ0v) is 48.8. The van der Waals surface area contributed by atoms with Crippen molar-refractivity contribution >= 4 is 59.1 Å². The van der Waals surface area contributed by atoms with E-state index in [1.807, 2.05) is 41.5 Å². The fourth-order valence-corrected chi connectivity index (χ4v) is 9.51. The zero-order chi connectivity index (χ0) is 58.7. The molecule has 440 valence electrons. The number of nitrogens with two attached hydrogens (primary N) is 1. The number of hydrogen-bond donors (Lipinski definition) is 10. The highest BCUT2D eigenvalue weighted by Gasteiger charge is 2.42. The van der Waals surface area contributed by atoms with Crippen LogP contribution >= 0.6 is 0 Å². The minimum atomic E-state index is -1.64. The van der Waals surface area contributed by atoms with Crippen LogP contribution in [0.2, 0.25) is 0 Å². The average Bonchev–Trinajstić information content (AvgIpc) is 4.03. The molecule has 10 amide bonds. The molecule has 11 N–H and O–H groups in total. The van der Waals surface area contributed by atoms with Crippen LogP contribution in [-0.2, 0) is 43.2 Å². The van der Waals surface area contributed by atoms with Crippen molar-refractivity contribution in [1.82, 2.24) is 57.7 Å². The lowest BCUT2D eigenvalue weighted by atomic mass is 9.85. The van der Waals surface area contributed by atoms with Gasteiger partial charge in [-0.15, -0.1) is 0 Å². The molecular formula is C55H94N12O11. The van der Waals surface area contributed by atoms with Crippen LogP contribution in [0.5, 0.6) is 0 Å². The van der Waals surface area contributed by atoms with Crippen molar-refractivity contribution in [3.63, 3.8) is 0 Å². The largest absolute Gasteiger partial charge is 0.448 e. The molecule has 1 saturated heterocycles. The van der Waals surface area contributed by atoms with E-state index in [1.165, 1.54) is 52.7 Å². The van der Waals surface area contributed by atoms with E-state index in [0.717, 1.165) is 32.1 Å². The van der Waals surface area contributed by atoms with Gasteiger partial charge in [0.25, 0.3) is 5.91 Å². The van der Waals surface area contributed by atoms with Gasteiger partial charge in [0.2, 0.25) is 53.2 Å². The number of aromatic nitrogens is 1. The Bertz CT molecular complexity index is 2240. The predicted octanol–water partition coefficient (Wildman–Crippen LogP) is 2.29. The van der Waals surface area contributed by atoms with E-state index in [4.69, 9.17) is 10.2 Å². The Kier molecular flexibility index (Phi) is 25.7. The number of carbonyl (C=O) groups excluding carboxylic acids is 10. The molecule has 1 aromatic heterocycles. The molecule has 1 aliphatic carbocycles. The zero-order valence-electron chi connectivity index (χ0n) is 48.8. The standard InChI is InChI=1S/C55H94N12O11/c1-32(2)28-38(45(70)62-40(30-34(5)6)47(72)65-55(12,13)52(77)66-53(8,9)50(75)58-25-23-43(68)57-26-24-56)63-51(76)54(10,11)64-46(71)39(29-33(3)4)61-44(69)37(22-21-36-18-15-14-16-19-36)60-48(73)42-20-17-27-67(42)49(74)41-31-78-35(7)59-41/h31-34,36-40,42H,14-30,56H2,1-13H3,(H,57,68)(H,58,75)(H,60,73)(H,61,69)(H,62,70)(H,63,76)(H,64,71)(H,65,72)(H,66,77)/t37?,38?,39?,40?,42-/m0/s1. The smallest absolute Gasteiger partial charge is 0.276 e. The van der Waals surface area contributed by atoms with E-state index < -0.39 is 100.0 Å². The summed E-state index contributed by atoms with van der Waals surface area (Å²) in [5, 5.41) is 24.8. The highest BCUT2D eigenvalue weighted by molar-refractivity contribution is 6.00. The summed E-state index contributed by atoms with van der Waals surface area (Å²) in [5.74, 6) is -5.47. The van der Waals surface area contributed by atoms with Gasteiger partial charge in [-0.2, -0.15) is 0 Å². The molecule has 2 fully saturated rings. The predicted molar refractivity (Wildman–Crippen MR) is 294 cm³/mol. The third-order valence-corrected chi connectivity index (χ3v) is 14.0. The summed E-state index contributed by atoms with van der Waals surface area (Å²) >= 11 is 0. The Morgan fingerprint density at radius 1 is 0.615 bits per heavy atom. The Labute approximate surface area is 461 Å². The molecule has 4 unspecified atom stereocenters. The number of amides is 10. The summed E-state index contributed by atoms with van der Waals surface area (Å²) in [5.41, 5.74) is 0.827. The number of nitrogens with zero attached hydrogens (tertiary/aromatic N) is 2. The molecule has 23 heteroatoms. The maximum Gasteiger partial charge on any atom is 0.276 e. The molecule has 1 aromatic rings. The van der Waals surface area contributed by atoms with Crippen molar-refractivity contribution in [2.45, 2.75) is 220 Å². The minimum absolute atomic E-state index is 0.00193. The number of aryl methyl sites for hydroxylation is 1. The average molecular weight is 1100 g/mol. The van der Waals surface area contributed by atoms with Crippen LogP contribution in [0.4, 0.5) is 0 Å². The van der Waals surface area contributed by atoms with Gasteiger partial charge in [-0.25, -0.2) is 4.98 Å². The van der Waals surface area contributed by atoms with E-state index >= 15 is 0 Å². The van der Waals surface area contributed by atoms with Gasteiger partial charge < -0.3 is 62.9 Å². The molecule has 0 radical (unpaired) electrons. The van der Waals surface area contributed by atoms with Gasteiger partial charge in [-0.3, -0.25) is 47.9 Å². The van der Waals surface area contributed by atoms with Gasteiger partial charge in [0, 0.05) is 39.5 Å². The van der Waals surface area contributed by atoms with Gasteiger partial charge in [0.1, 0.15) is 53.1 Å². The second-order valence-electron chi connectivity index (χ2n) is 24.0. The Morgan fingerprint density at radius 2 is 1.13 bits per heavy atom. The number of carbonyl (C=O) groups is 10. The van der Waals surface area contributed by atoms with E-state index in [-0.39, 0.29) is 68.1 Å². The fraction of sp³-hybridized carbons (Fsp3) is 0.764. The molecule has 0 spiro atoms. The van der Waals surface area contributed by atoms with E-state index in [1.54, 1.807) is 6.92 Å². The third-order valence-electron chi connectivity index (χ3n) is 14.0. The summed E-state index contributed by atoms with van der Waals surface area (Å²) in [6, 6.07) is -5.35. The highest BCUT2D eigenvalue weighted by atomic mass is 16.3. The molecular weight excluding hydrogens is 1000 g/mol. The molecule has 5 atom stereocenters. The van der Waals surface area contributed by atoms with Gasteiger partial charge >= 0.3 is 0 Å². The van der Waals surface area contributed by atoms with Crippen LogP contribution in [0.3, 0.4) is 0 Å². The van der Waals surface area contributed by atoms with Gasteiger partial charge in [0.15, 0.2) is 11.6 Å². The van der Waals surface area contributed by atoms with Crippen molar-refractivity contribution in [2.24, 2.45) is 29.4 Å². The Morgan fingerprint density at radius 3 is 1.64 bits per heavy atom. The topological polar surface area (TPSA) is 334 Å². The maximum atomic E-state index is 14.4. The van der Waals surface area contributed by atoms with Gasteiger partial charge in [-0.05, 0) is 110 Å². The third kappa shape index (κ3) is 21.3. The molecule has 0 bridgehead atoms. The van der Waals surface area contributed by atoms with Crippen molar-refractivity contribution in [1.29, 1.82) is 0 Å². The van der Waals surface area contributed by atoms with Gasteiger partial charge in [-0.1, -0.05) is 73.6 Å². The molecule has 78 heavy (non-hydrogen) atoms. The molecule has 2 heterocycles. The first kappa shape index (κ1) is 66.2. The van der Waals surface area contributed by atoms with E-state index in [0.29, 0.717) is 50.6 Å².